The molecule has 1 N–H and O–H groups in total. The third-order valence-corrected chi connectivity index (χ3v) is 5.17. The van der Waals surface area contributed by atoms with E-state index in [9.17, 15) is 4.79 Å². The van der Waals surface area contributed by atoms with E-state index in [2.05, 4.69) is 15.3 Å². The second-order valence-corrected chi connectivity index (χ2v) is 6.56. The van der Waals surface area contributed by atoms with Crippen LogP contribution in [0.5, 0.6) is 0 Å². The van der Waals surface area contributed by atoms with Crippen molar-refractivity contribution in [3.63, 3.8) is 0 Å². The molecule has 2 aliphatic rings. The van der Waals surface area contributed by atoms with Gasteiger partial charge in [0.2, 0.25) is 0 Å². The van der Waals surface area contributed by atoms with Crippen LogP contribution in [-0.4, -0.2) is 50.3 Å². The number of amides is 1. The number of rotatable bonds is 3. The van der Waals surface area contributed by atoms with Crippen molar-refractivity contribution >= 4 is 5.91 Å². The molecule has 2 saturated heterocycles. The maximum atomic E-state index is 12.8. The van der Waals surface area contributed by atoms with Crippen LogP contribution in [0, 0.1) is 0 Å². The number of hydrogen-bond donors (Lipinski definition) is 1. The molecule has 4 rings (SSSR count). The molecule has 0 spiro atoms. The van der Waals surface area contributed by atoms with E-state index in [1.807, 2.05) is 36.1 Å². The fourth-order valence-electron chi connectivity index (χ4n) is 4.04. The molecule has 0 radical (unpaired) electrons. The fraction of sp³-hybridized carbons (Fsp3) is 0.529. The maximum Gasteiger partial charge on any atom is 0.256 e. The summed E-state index contributed by atoms with van der Waals surface area (Å²) in [6.45, 7) is 2.28. The van der Waals surface area contributed by atoms with Gasteiger partial charge in [0, 0.05) is 38.1 Å². The summed E-state index contributed by atoms with van der Waals surface area (Å²) in [5, 5.41) is 7.54. The van der Waals surface area contributed by atoms with Crippen LogP contribution in [0.25, 0.3) is 5.82 Å². The van der Waals surface area contributed by atoms with Crippen LogP contribution in [0.3, 0.4) is 0 Å². The SMILES string of the molecule is Cn1ncc(C(=O)N[C@H]2CCN3CCCC[C@@H]23)c1-n1cccc1. The lowest BCUT2D eigenvalue weighted by molar-refractivity contribution is 0.0915. The van der Waals surface area contributed by atoms with Gasteiger partial charge in [-0.05, 0) is 37.9 Å². The molecule has 2 aromatic rings. The van der Waals surface area contributed by atoms with Crippen molar-refractivity contribution in [1.29, 1.82) is 0 Å². The Kier molecular flexibility index (Phi) is 3.69. The highest BCUT2D eigenvalue weighted by molar-refractivity contribution is 5.97. The van der Waals surface area contributed by atoms with Crippen LogP contribution in [0.4, 0.5) is 0 Å². The number of aromatic nitrogens is 3. The van der Waals surface area contributed by atoms with Gasteiger partial charge in [-0.15, -0.1) is 0 Å². The summed E-state index contributed by atoms with van der Waals surface area (Å²) in [5.74, 6) is 0.797. The average Bonchev–Trinajstić information content (AvgIpc) is 3.27. The Morgan fingerprint density at radius 1 is 1.22 bits per heavy atom. The number of nitrogens with one attached hydrogen (secondary N) is 1. The minimum absolute atomic E-state index is 0.0146. The average molecular weight is 313 g/mol. The molecule has 2 aromatic heterocycles. The Morgan fingerprint density at radius 2 is 2.04 bits per heavy atom. The molecule has 2 atom stereocenters. The first-order valence-electron chi connectivity index (χ1n) is 8.44. The zero-order valence-electron chi connectivity index (χ0n) is 13.5. The van der Waals surface area contributed by atoms with Crippen molar-refractivity contribution in [2.24, 2.45) is 7.05 Å². The van der Waals surface area contributed by atoms with E-state index in [4.69, 9.17) is 0 Å². The van der Waals surface area contributed by atoms with Crippen molar-refractivity contribution < 1.29 is 4.79 Å². The summed E-state index contributed by atoms with van der Waals surface area (Å²) in [4.78, 5) is 15.3. The molecule has 0 unspecified atom stereocenters. The topological polar surface area (TPSA) is 55.1 Å². The van der Waals surface area contributed by atoms with Crippen molar-refractivity contribution in [3.8, 4) is 5.82 Å². The number of piperidine rings is 1. The highest BCUT2D eigenvalue weighted by Gasteiger charge is 2.36. The first kappa shape index (κ1) is 14.5. The quantitative estimate of drug-likeness (QED) is 0.936. The Labute approximate surface area is 136 Å². The summed E-state index contributed by atoms with van der Waals surface area (Å²) >= 11 is 0. The Morgan fingerprint density at radius 3 is 2.87 bits per heavy atom. The Hall–Kier alpha value is -2.08. The van der Waals surface area contributed by atoms with Crippen LogP contribution in [0.1, 0.15) is 36.0 Å². The minimum atomic E-state index is -0.0146. The van der Waals surface area contributed by atoms with Gasteiger partial charge in [0.05, 0.1) is 6.20 Å². The summed E-state index contributed by atoms with van der Waals surface area (Å²) in [6, 6.07) is 4.68. The van der Waals surface area contributed by atoms with E-state index in [1.165, 1.54) is 25.8 Å². The lowest BCUT2D eigenvalue weighted by Gasteiger charge is -2.32. The highest BCUT2D eigenvalue weighted by Crippen LogP contribution is 2.27. The van der Waals surface area contributed by atoms with Gasteiger partial charge in [0.1, 0.15) is 11.4 Å². The largest absolute Gasteiger partial charge is 0.348 e. The van der Waals surface area contributed by atoms with Gasteiger partial charge in [0.25, 0.3) is 5.91 Å². The predicted molar refractivity (Wildman–Crippen MR) is 87.6 cm³/mol. The van der Waals surface area contributed by atoms with Crippen LogP contribution in [0.15, 0.2) is 30.7 Å². The molecule has 0 bridgehead atoms. The van der Waals surface area contributed by atoms with Gasteiger partial charge in [-0.2, -0.15) is 5.10 Å². The molecule has 122 valence electrons. The zero-order valence-corrected chi connectivity index (χ0v) is 13.5. The first-order chi connectivity index (χ1) is 11.2. The molecule has 4 heterocycles. The van der Waals surface area contributed by atoms with Gasteiger partial charge >= 0.3 is 0 Å². The molecule has 6 nitrogen and oxygen atoms in total. The number of carbonyl (C=O) groups excluding carboxylic acids is 1. The summed E-state index contributed by atoms with van der Waals surface area (Å²) in [6.07, 6.45) is 10.3. The molecule has 0 aliphatic carbocycles. The van der Waals surface area contributed by atoms with Crippen molar-refractivity contribution in [2.75, 3.05) is 13.1 Å². The second kappa shape index (κ2) is 5.85. The third kappa shape index (κ3) is 2.57. The molecular formula is C17H23N5O. The second-order valence-electron chi connectivity index (χ2n) is 6.56. The van der Waals surface area contributed by atoms with E-state index >= 15 is 0 Å². The van der Waals surface area contributed by atoms with Crippen LogP contribution < -0.4 is 5.32 Å². The first-order valence-corrected chi connectivity index (χ1v) is 8.44. The van der Waals surface area contributed by atoms with Crippen molar-refractivity contribution in [2.45, 2.75) is 37.8 Å². The van der Waals surface area contributed by atoms with Gasteiger partial charge in [-0.3, -0.25) is 14.4 Å². The zero-order chi connectivity index (χ0) is 15.8. The smallest absolute Gasteiger partial charge is 0.256 e. The van der Waals surface area contributed by atoms with E-state index in [0.717, 1.165) is 18.8 Å². The molecule has 6 heteroatoms. The predicted octanol–water partition coefficient (Wildman–Crippen LogP) is 1.57. The molecule has 0 aromatic carbocycles. The summed E-state index contributed by atoms with van der Waals surface area (Å²) < 4.78 is 3.68. The number of aryl methyl sites for hydroxylation is 1. The van der Waals surface area contributed by atoms with Crippen molar-refractivity contribution in [1.82, 2.24) is 24.6 Å². The number of fused-ring (bicyclic) bond motifs is 1. The normalized spacial score (nSPS) is 24.6. The van der Waals surface area contributed by atoms with E-state index in [0.29, 0.717) is 11.6 Å². The Balaban J connectivity index is 1.54. The number of nitrogens with zero attached hydrogens (tertiary/aromatic N) is 4. The third-order valence-electron chi connectivity index (χ3n) is 5.17. The van der Waals surface area contributed by atoms with Gasteiger partial charge in [0.15, 0.2) is 0 Å². The fourth-order valence-corrected chi connectivity index (χ4v) is 4.04. The standard InChI is InChI=1S/C17H23N5O/c1-20-17(22-9-4-5-10-22)13(12-18-20)16(23)19-14-7-11-21-8-3-2-6-15(14)21/h4-5,9-10,12,14-15H,2-3,6-8,11H2,1H3,(H,19,23)/t14-,15-/m0/s1. The van der Waals surface area contributed by atoms with Gasteiger partial charge < -0.3 is 9.88 Å². The molecule has 23 heavy (non-hydrogen) atoms. The summed E-state index contributed by atoms with van der Waals surface area (Å²) in [5.41, 5.74) is 0.637. The molecule has 2 fully saturated rings. The summed E-state index contributed by atoms with van der Waals surface area (Å²) in [7, 11) is 1.87. The van der Waals surface area contributed by atoms with E-state index in [-0.39, 0.29) is 11.9 Å². The van der Waals surface area contributed by atoms with Gasteiger partial charge in [-0.1, -0.05) is 6.42 Å². The van der Waals surface area contributed by atoms with Crippen molar-refractivity contribution in [3.05, 3.63) is 36.3 Å². The lowest BCUT2D eigenvalue weighted by atomic mass is 9.99. The molecule has 2 aliphatic heterocycles. The highest BCUT2D eigenvalue weighted by atomic mass is 16.1. The number of carbonyl (C=O) groups is 1. The monoisotopic (exact) mass is 313 g/mol. The van der Waals surface area contributed by atoms with Crippen LogP contribution in [-0.2, 0) is 7.05 Å². The molecule has 0 saturated carbocycles. The maximum absolute atomic E-state index is 12.8. The molecular weight excluding hydrogens is 290 g/mol. The van der Waals surface area contributed by atoms with Gasteiger partial charge in [-0.25, -0.2) is 0 Å². The van der Waals surface area contributed by atoms with E-state index in [1.54, 1.807) is 10.9 Å². The molecule has 1 amide bonds. The van der Waals surface area contributed by atoms with Crippen LogP contribution in [0.2, 0.25) is 0 Å². The lowest BCUT2D eigenvalue weighted by Crippen LogP contribution is -2.46. The number of hydrogen-bond acceptors (Lipinski definition) is 3. The van der Waals surface area contributed by atoms with E-state index < -0.39 is 0 Å². The van der Waals surface area contributed by atoms with Crippen LogP contribution >= 0.6 is 0 Å². The Bertz CT molecular complexity index is 690. The minimum Gasteiger partial charge on any atom is -0.348 e.